The first kappa shape index (κ1) is 13.8. The molecule has 1 fully saturated rings. The summed E-state index contributed by atoms with van der Waals surface area (Å²) in [7, 11) is 0. The van der Waals surface area contributed by atoms with E-state index in [1.54, 1.807) is 11.3 Å². The van der Waals surface area contributed by atoms with Gasteiger partial charge in [-0.2, -0.15) is 0 Å². The Hall–Kier alpha value is -0.650. The predicted molar refractivity (Wildman–Crippen MR) is 76.3 cm³/mol. The molecule has 2 heterocycles. The lowest BCUT2D eigenvalue weighted by molar-refractivity contribution is 0.193. The molecule has 0 radical (unpaired) electrons. The number of rotatable bonds is 4. The van der Waals surface area contributed by atoms with E-state index in [2.05, 4.69) is 28.6 Å². The molecular weight excluding hydrogens is 246 g/mol. The van der Waals surface area contributed by atoms with Crippen LogP contribution in [0.4, 0.5) is 5.13 Å². The van der Waals surface area contributed by atoms with E-state index in [0.29, 0.717) is 6.04 Å². The third-order valence-electron chi connectivity index (χ3n) is 3.82. The molecule has 0 spiro atoms. The van der Waals surface area contributed by atoms with E-state index >= 15 is 0 Å². The van der Waals surface area contributed by atoms with Crippen molar-refractivity contribution in [2.75, 3.05) is 31.1 Å². The SMILES string of the molecule is CCC(C)N1CCN(c2nc(C)c(CO)s2)CC1. The second-order valence-electron chi connectivity index (χ2n) is 4.94. The normalized spacial score (nSPS) is 19.2. The molecule has 0 bridgehead atoms. The lowest BCUT2D eigenvalue weighted by Gasteiger charge is -2.37. The predicted octanol–water partition coefficient (Wildman–Crippen LogP) is 1.86. The first-order chi connectivity index (χ1) is 8.65. The molecule has 0 amide bonds. The number of aliphatic hydroxyl groups excluding tert-OH is 1. The summed E-state index contributed by atoms with van der Waals surface area (Å²) in [6.45, 7) is 10.9. The highest BCUT2D eigenvalue weighted by Gasteiger charge is 2.22. The Morgan fingerprint density at radius 1 is 1.33 bits per heavy atom. The number of anilines is 1. The summed E-state index contributed by atoms with van der Waals surface area (Å²) >= 11 is 1.63. The molecule has 1 unspecified atom stereocenters. The van der Waals surface area contributed by atoms with Crippen LogP contribution < -0.4 is 4.90 Å². The first-order valence-electron chi connectivity index (χ1n) is 6.71. The van der Waals surface area contributed by atoms with E-state index in [1.807, 2.05) is 6.92 Å². The van der Waals surface area contributed by atoms with Crippen LogP contribution >= 0.6 is 11.3 Å². The summed E-state index contributed by atoms with van der Waals surface area (Å²) in [4.78, 5) is 10.4. The van der Waals surface area contributed by atoms with Crippen molar-refractivity contribution in [3.05, 3.63) is 10.6 Å². The number of thiazole rings is 1. The van der Waals surface area contributed by atoms with Gasteiger partial charge < -0.3 is 10.0 Å². The lowest BCUT2D eigenvalue weighted by Crippen LogP contribution is -2.49. The summed E-state index contributed by atoms with van der Waals surface area (Å²) in [5.74, 6) is 0. The van der Waals surface area contributed by atoms with Crippen LogP contribution in [0, 0.1) is 6.92 Å². The van der Waals surface area contributed by atoms with Gasteiger partial charge in [-0.25, -0.2) is 4.98 Å². The summed E-state index contributed by atoms with van der Waals surface area (Å²) in [5, 5.41) is 10.3. The van der Waals surface area contributed by atoms with Crippen molar-refractivity contribution < 1.29 is 5.11 Å². The van der Waals surface area contributed by atoms with Gasteiger partial charge in [0.1, 0.15) is 0 Å². The molecule has 1 N–H and O–H groups in total. The first-order valence-corrected chi connectivity index (χ1v) is 7.53. The average molecular weight is 269 g/mol. The Morgan fingerprint density at radius 2 is 2.00 bits per heavy atom. The Labute approximate surface area is 113 Å². The Balaban J connectivity index is 1.96. The van der Waals surface area contributed by atoms with Gasteiger partial charge >= 0.3 is 0 Å². The van der Waals surface area contributed by atoms with E-state index in [9.17, 15) is 5.11 Å². The molecule has 1 aliphatic heterocycles. The van der Waals surface area contributed by atoms with Crippen LogP contribution in [-0.2, 0) is 6.61 Å². The monoisotopic (exact) mass is 269 g/mol. The highest BCUT2D eigenvalue weighted by molar-refractivity contribution is 7.15. The quantitative estimate of drug-likeness (QED) is 0.906. The van der Waals surface area contributed by atoms with Crippen molar-refractivity contribution in [1.82, 2.24) is 9.88 Å². The molecule has 1 aliphatic rings. The van der Waals surface area contributed by atoms with E-state index in [-0.39, 0.29) is 6.61 Å². The molecule has 1 atom stereocenters. The lowest BCUT2D eigenvalue weighted by atomic mass is 10.2. The fourth-order valence-corrected chi connectivity index (χ4v) is 3.28. The molecule has 1 saturated heterocycles. The summed E-state index contributed by atoms with van der Waals surface area (Å²) in [6, 6.07) is 0.679. The van der Waals surface area contributed by atoms with E-state index < -0.39 is 0 Å². The maximum Gasteiger partial charge on any atom is 0.185 e. The molecule has 0 saturated carbocycles. The third-order valence-corrected chi connectivity index (χ3v) is 5.03. The molecule has 1 aromatic heterocycles. The van der Waals surface area contributed by atoms with Crippen molar-refractivity contribution in [1.29, 1.82) is 0 Å². The summed E-state index contributed by atoms with van der Waals surface area (Å²) in [5.41, 5.74) is 0.974. The van der Waals surface area contributed by atoms with E-state index in [0.717, 1.165) is 41.9 Å². The second kappa shape index (κ2) is 5.99. The van der Waals surface area contributed by atoms with Gasteiger partial charge in [-0.05, 0) is 20.3 Å². The smallest absolute Gasteiger partial charge is 0.185 e. The van der Waals surface area contributed by atoms with Crippen LogP contribution in [0.5, 0.6) is 0 Å². The number of hydrogen-bond donors (Lipinski definition) is 1. The van der Waals surface area contributed by atoms with Crippen molar-refractivity contribution >= 4 is 16.5 Å². The van der Waals surface area contributed by atoms with Crippen LogP contribution in [0.25, 0.3) is 0 Å². The number of aromatic nitrogens is 1. The Morgan fingerprint density at radius 3 is 2.50 bits per heavy atom. The highest BCUT2D eigenvalue weighted by atomic mass is 32.1. The fraction of sp³-hybridized carbons (Fsp3) is 0.769. The zero-order valence-corrected chi connectivity index (χ0v) is 12.3. The zero-order chi connectivity index (χ0) is 13.1. The van der Waals surface area contributed by atoms with E-state index in [1.165, 1.54) is 6.42 Å². The van der Waals surface area contributed by atoms with Crippen LogP contribution in [0.15, 0.2) is 0 Å². The molecule has 4 nitrogen and oxygen atoms in total. The van der Waals surface area contributed by atoms with Gasteiger partial charge in [0.25, 0.3) is 0 Å². The minimum atomic E-state index is 0.107. The maximum atomic E-state index is 9.22. The van der Waals surface area contributed by atoms with Crippen LogP contribution in [0.3, 0.4) is 0 Å². The largest absolute Gasteiger partial charge is 0.391 e. The van der Waals surface area contributed by atoms with Gasteiger partial charge in [-0.3, -0.25) is 4.90 Å². The van der Waals surface area contributed by atoms with Gasteiger partial charge in [-0.1, -0.05) is 18.3 Å². The molecule has 0 aliphatic carbocycles. The maximum absolute atomic E-state index is 9.22. The van der Waals surface area contributed by atoms with Crippen molar-refractivity contribution in [2.24, 2.45) is 0 Å². The number of nitrogens with zero attached hydrogens (tertiary/aromatic N) is 3. The van der Waals surface area contributed by atoms with Gasteiger partial charge in [-0.15, -0.1) is 0 Å². The highest BCUT2D eigenvalue weighted by Crippen LogP contribution is 2.27. The molecule has 5 heteroatoms. The second-order valence-corrected chi connectivity index (χ2v) is 6.01. The molecule has 0 aromatic carbocycles. The van der Waals surface area contributed by atoms with Crippen molar-refractivity contribution in [2.45, 2.75) is 39.8 Å². The summed E-state index contributed by atoms with van der Waals surface area (Å²) < 4.78 is 0. The van der Waals surface area contributed by atoms with E-state index in [4.69, 9.17) is 0 Å². The van der Waals surface area contributed by atoms with Crippen molar-refractivity contribution in [3.63, 3.8) is 0 Å². The van der Waals surface area contributed by atoms with Gasteiger partial charge in [0.15, 0.2) is 5.13 Å². The third kappa shape index (κ3) is 2.84. The molecular formula is C13H23N3OS. The standard InChI is InChI=1S/C13H23N3OS/c1-4-10(2)15-5-7-16(8-6-15)13-14-11(3)12(9-17)18-13/h10,17H,4-9H2,1-3H3. The van der Waals surface area contributed by atoms with Crippen molar-refractivity contribution in [3.8, 4) is 0 Å². The number of aliphatic hydroxyl groups is 1. The van der Waals surface area contributed by atoms with Crippen LogP contribution in [-0.4, -0.2) is 47.2 Å². The Kier molecular flexibility index (Phi) is 4.59. The van der Waals surface area contributed by atoms with Gasteiger partial charge in [0.05, 0.1) is 17.2 Å². The van der Waals surface area contributed by atoms with Gasteiger partial charge in [0.2, 0.25) is 0 Å². The Bertz CT molecular complexity index is 386. The summed E-state index contributed by atoms with van der Waals surface area (Å²) in [6.07, 6.45) is 1.21. The molecule has 18 heavy (non-hydrogen) atoms. The van der Waals surface area contributed by atoms with Crippen LogP contribution in [0.1, 0.15) is 30.8 Å². The van der Waals surface area contributed by atoms with Crippen LogP contribution in [0.2, 0.25) is 0 Å². The van der Waals surface area contributed by atoms with Gasteiger partial charge in [0, 0.05) is 32.2 Å². The topological polar surface area (TPSA) is 39.6 Å². The molecule has 102 valence electrons. The average Bonchev–Trinajstić information content (AvgIpc) is 2.79. The molecule has 1 aromatic rings. The minimum Gasteiger partial charge on any atom is -0.391 e. The molecule has 2 rings (SSSR count). The number of piperazine rings is 1. The number of aryl methyl sites for hydroxylation is 1. The minimum absolute atomic E-state index is 0.107. The zero-order valence-electron chi connectivity index (χ0n) is 11.5. The fourth-order valence-electron chi connectivity index (χ4n) is 2.31. The number of hydrogen-bond acceptors (Lipinski definition) is 5.